The highest BCUT2D eigenvalue weighted by atomic mass is 16.5. The molecule has 0 spiro atoms. The first-order valence-corrected chi connectivity index (χ1v) is 7.88. The number of benzene rings is 1. The fourth-order valence-electron chi connectivity index (χ4n) is 2.38. The average Bonchev–Trinajstić information content (AvgIpc) is 3.22. The van der Waals surface area contributed by atoms with Gasteiger partial charge in [0.2, 0.25) is 0 Å². The van der Waals surface area contributed by atoms with E-state index < -0.39 is 5.97 Å². The highest BCUT2D eigenvalue weighted by Gasteiger charge is 2.14. The van der Waals surface area contributed by atoms with Crippen molar-refractivity contribution in [2.45, 2.75) is 13.0 Å². The van der Waals surface area contributed by atoms with E-state index >= 15 is 0 Å². The number of methoxy groups -OCH3 is 1. The summed E-state index contributed by atoms with van der Waals surface area (Å²) in [4.78, 5) is 31.6. The molecule has 0 bridgehead atoms. The highest BCUT2D eigenvalue weighted by Crippen LogP contribution is 2.15. The second kappa shape index (κ2) is 7.56. The fourth-order valence-corrected chi connectivity index (χ4v) is 2.38. The minimum Gasteiger partial charge on any atom is -0.465 e. The third-order valence-corrected chi connectivity index (χ3v) is 3.84. The molecule has 0 fully saturated rings. The van der Waals surface area contributed by atoms with Crippen LogP contribution < -0.4 is 5.32 Å². The molecule has 1 aromatic carbocycles. The molecular formula is C18H17N5O3. The first-order chi connectivity index (χ1) is 12.6. The third kappa shape index (κ3) is 3.75. The molecule has 0 saturated carbocycles. The molecule has 0 aliphatic heterocycles. The van der Waals surface area contributed by atoms with Gasteiger partial charge >= 0.3 is 5.97 Å². The van der Waals surface area contributed by atoms with Crippen molar-refractivity contribution in [3.8, 4) is 5.69 Å². The van der Waals surface area contributed by atoms with Crippen LogP contribution in [0.5, 0.6) is 0 Å². The molecule has 0 saturated heterocycles. The predicted octanol–water partition coefficient (Wildman–Crippen LogP) is 1.94. The van der Waals surface area contributed by atoms with E-state index in [0.717, 1.165) is 11.3 Å². The van der Waals surface area contributed by atoms with Gasteiger partial charge in [-0.2, -0.15) is 5.10 Å². The zero-order valence-electron chi connectivity index (χ0n) is 14.3. The summed E-state index contributed by atoms with van der Waals surface area (Å²) in [6.07, 6.45) is 4.40. The molecular weight excluding hydrogens is 334 g/mol. The van der Waals surface area contributed by atoms with E-state index in [1.165, 1.54) is 31.8 Å². The Bertz CT molecular complexity index is 890. The minimum atomic E-state index is -0.495. The second-order valence-corrected chi connectivity index (χ2v) is 5.55. The first-order valence-electron chi connectivity index (χ1n) is 7.88. The van der Waals surface area contributed by atoms with Crippen molar-refractivity contribution in [3.63, 3.8) is 0 Å². The van der Waals surface area contributed by atoms with Crippen LogP contribution in [-0.4, -0.2) is 38.7 Å². The SMILES string of the molecule is COC(=O)c1ccc(C(=O)NC(C)c2ccc(-n3cncn3)cc2)nc1. The summed E-state index contributed by atoms with van der Waals surface area (Å²) in [6, 6.07) is 10.4. The Labute approximate surface area is 149 Å². The molecule has 1 unspecified atom stereocenters. The number of hydrogen-bond acceptors (Lipinski definition) is 6. The second-order valence-electron chi connectivity index (χ2n) is 5.55. The predicted molar refractivity (Wildman–Crippen MR) is 92.8 cm³/mol. The maximum absolute atomic E-state index is 12.3. The average molecular weight is 351 g/mol. The summed E-state index contributed by atoms with van der Waals surface area (Å²) in [7, 11) is 1.29. The van der Waals surface area contributed by atoms with Gasteiger partial charge in [0.1, 0.15) is 18.3 Å². The smallest absolute Gasteiger partial charge is 0.339 e. The summed E-state index contributed by atoms with van der Waals surface area (Å²) in [5.74, 6) is -0.820. The van der Waals surface area contributed by atoms with Crippen molar-refractivity contribution in [1.29, 1.82) is 0 Å². The maximum atomic E-state index is 12.3. The van der Waals surface area contributed by atoms with Crippen LogP contribution in [0.25, 0.3) is 5.69 Å². The number of rotatable bonds is 5. The molecule has 3 aromatic rings. The molecule has 1 N–H and O–H groups in total. The van der Waals surface area contributed by atoms with Crippen molar-refractivity contribution in [1.82, 2.24) is 25.1 Å². The molecule has 8 nitrogen and oxygen atoms in total. The minimum absolute atomic E-state index is 0.214. The number of amides is 1. The molecule has 2 aromatic heterocycles. The van der Waals surface area contributed by atoms with Gasteiger partial charge < -0.3 is 10.1 Å². The number of esters is 1. The Morgan fingerprint density at radius 1 is 1.15 bits per heavy atom. The molecule has 3 rings (SSSR count). The molecule has 0 aliphatic rings. The summed E-state index contributed by atoms with van der Waals surface area (Å²) in [5.41, 5.74) is 2.34. The van der Waals surface area contributed by atoms with Gasteiger partial charge in [-0.05, 0) is 36.8 Å². The lowest BCUT2D eigenvalue weighted by atomic mass is 10.1. The quantitative estimate of drug-likeness (QED) is 0.705. The molecule has 0 aliphatic carbocycles. The molecule has 26 heavy (non-hydrogen) atoms. The van der Waals surface area contributed by atoms with Crippen molar-refractivity contribution in [3.05, 3.63) is 72.1 Å². The van der Waals surface area contributed by atoms with E-state index in [2.05, 4.69) is 25.1 Å². The van der Waals surface area contributed by atoms with Crippen molar-refractivity contribution in [2.75, 3.05) is 7.11 Å². The lowest BCUT2D eigenvalue weighted by Crippen LogP contribution is -2.27. The molecule has 8 heteroatoms. The molecule has 1 atom stereocenters. The molecule has 1 amide bonds. The van der Waals surface area contributed by atoms with Gasteiger partial charge in [-0.3, -0.25) is 9.78 Å². The summed E-state index contributed by atoms with van der Waals surface area (Å²) in [5, 5.41) is 6.95. The van der Waals surface area contributed by atoms with Crippen molar-refractivity contribution in [2.24, 2.45) is 0 Å². The van der Waals surface area contributed by atoms with Gasteiger partial charge in [0.15, 0.2) is 0 Å². The van der Waals surface area contributed by atoms with Gasteiger partial charge in [0, 0.05) is 6.20 Å². The number of nitrogens with zero attached hydrogens (tertiary/aromatic N) is 4. The summed E-state index contributed by atoms with van der Waals surface area (Å²) in [6.45, 7) is 1.88. The van der Waals surface area contributed by atoms with Gasteiger partial charge in [0.25, 0.3) is 5.91 Å². The third-order valence-electron chi connectivity index (χ3n) is 3.84. The Morgan fingerprint density at radius 3 is 2.50 bits per heavy atom. The molecule has 0 radical (unpaired) electrons. The normalized spacial score (nSPS) is 11.6. The van der Waals surface area contributed by atoms with Crippen LogP contribution in [0.3, 0.4) is 0 Å². The number of carbonyl (C=O) groups excluding carboxylic acids is 2. The largest absolute Gasteiger partial charge is 0.465 e. The number of pyridine rings is 1. The molecule has 132 valence electrons. The van der Waals surface area contributed by atoms with Gasteiger partial charge in [-0.25, -0.2) is 14.5 Å². The van der Waals surface area contributed by atoms with Crippen molar-refractivity contribution >= 4 is 11.9 Å². The standard InChI is InChI=1S/C18H17N5O3/c1-12(13-3-6-15(7-4-13)23-11-19-10-21-23)22-17(24)16-8-5-14(9-20-16)18(25)26-2/h3-12H,1-2H3,(H,22,24). The summed E-state index contributed by atoms with van der Waals surface area (Å²) < 4.78 is 6.26. The van der Waals surface area contributed by atoms with E-state index in [4.69, 9.17) is 0 Å². The van der Waals surface area contributed by atoms with Crippen LogP contribution in [-0.2, 0) is 4.74 Å². The van der Waals surface area contributed by atoms with Gasteiger partial charge in [-0.1, -0.05) is 12.1 Å². The highest BCUT2D eigenvalue weighted by molar-refractivity contribution is 5.94. The van der Waals surface area contributed by atoms with Crippen LogP contribution in [0, 0.1) is 0 Å². The van der Waals surface area contributed by atoms with Crippen LogP contribution in [0.15, 0.2) is 55.2 Å². The zero-order chi connectivity index (χ0) is 18.5. The number of aromatic nitrogens is 4. The fraction of sp³-hybridized carbons (Fsp3) is 0.167. The lowest BCUT2D eigenvalue weighted by Gasteiger charge is -2.14. The summed E-state index contributed by atoms with van der Waals surface area (Å²) >= 11 is 0. The monoisotopic (exact) mass is 351 g/mol. The van der Waals surface area contributed by atoms with E-state index in [1.54, 1.807) is 11.0 Å². The number of nitrogens with one attached hydrogen (secondary N) is 1. The van der Waals surface area contributed by atoms with Crippen LogP contribution in [0.4, 0.5) is 0 Å². The number of carbonyl (C=O) groups is 2. The zero-order valence-corrected chi connectivity index (χ0v) is 14.3. The van der Waals surface area contributed by atoms with E-state index in [9.17, 15) is 9.59 Å². The van der Waals surface area contributed by atoms with E-state index in [1.807, 2.05) is 31.2 Å². The Hall–Kier alpha value is -3.55. The van der Waals surface area contributed by atoms with Crippen LogP contribution >= 0.6 is 0 Å². The van der Waals surface area contributed by atoms with Crippen LogP contribution in [0.2, 0.25) is 0 Å². The van der Waals surface area contributed by atoms with Gasteiger partial charge in [0.05, 0.1) is 24.4 Å². The van der Waals surface area contributed by atoms with E-state index in [0.29, 0.717) is 5.56 Å². The number of hydrogen-bond donors (Lipinski definition) is 1. The van der Waals surface area contributed by atoms with Crippen molar-refractivity contribution < 1.29 is 14.3 Å². The maximum Gasteiger partial charge on any atom is 0.339 e. The van der Waals surface area contributed by atoms with Crippen LogP contribution in [0.1, 0.15) is 39.4 Å². The number of ether oxygens (including phenoxy) is 1. The Kier molecular flexibility index (Phi) is 5.02. The Balaban J connectivity index is 1.66. The van der Waals surface area contributed by atoms with Gasteiger partial charge in [-0.15, -0.1) is 0 Å². The molecule has 2 heterocycles. The Morgan fingerprint density at radius 2 is 1.92 bits per heavy atom. The topological polar surface area (TPSA) is 99.0 Å². The van der Waals surface area contributed by atoms with E-state index in [-0.39, 0.29) is 17.6 Å². The lowest BCUT2D eigenvalue weighted by molar-refractivity contribution is 0.0599. The first kappa shape index (κ1) is 17.3.